The highest BCUT2D eigenvalue weighted by molar-refractivity contribution is 5.69. The van der Waals surface area contributed by atoms with Crippen LogP contribution in [0.25, 0.3) is 5.57 Å². The number of hydrogen-bond acceptors (Lipinski definition) is 4. The molecule has 4 heteroatoms. The Labute approximate surface area is 99.9 Å². The lowest BCUT2D eigenvalue weighted by atomic mass is 9.90. The number of allylic oxidation sites excluding steroid dienone is 1. The van der Waals surface area contributed by atoms with Gasteiger partial charge in [0.15, 0.2) is 5.79 Å². The van der Waals surface area contributed by atoms with Gasteiger partial charge in [-0.1, -0.05) is 6.08 Å². The summed E-state index contributed by atoms with van der Waals surface area (Å²) in [5.74, 6) is -0.301. The summed E-state index contributed by atoms with van der Waals surface area (Å²) < 4.78 is 11.3. The van der Waals surface area contributed by atoms with Gasteiger partial charge in [-0.15, -0.1) is 0 Å². The summed E-state index contributed by atoms with van der Waals surface area (Å²) in [6, 6.07) is 3.73. The van der Waals surface area contributed by atoms with Crippen molar-refractivity contribution in [1.29, 1.82) is 0 Å². The number of hydrogen-bond donors (Lipinski definition) is 1. The predicted molar refractivity (Wildman–Crippen MR) is 62.4 cm³/mol. The molecule has 1 spiro atoms. The van der Waals surface area contributed by atoms with Crippen molar-refractivity contribution in [3.63, 3.8) is 0 Å². The van der Waals surface area contributed by atoms with Gasteiger partial charge in [0.25, 0.3) is 0 Å². The monoisotopic (exact) mass is 233 g/mol. The number of rotatable bonds is 1. The summed E-state index contributed by atoms with van der Waals surface area (Å²) in [6.45, 7) is 1.36. The van der Waals surface area contributed by atoms with Crippen LogP contribution in [0, 0.1) is 0 Å². The van der Waals surface area contributed by atoms with E-state index in [1.807, 2.05) is 12.1 Å². The second-order valence-electron chi connectivity index (χ2n) is 4.42. The Kier molecular flexibility index (Phi) is 2.61. The average Bonchev–Trinajstić information content (AvgIpc) is 2.80. The van der Waals surface area contributed by atoms with Crippen molar-refractivity contribution in [2.75, 3.05) is 13.2 Å². The molecule has 0 aromatic carbocycles. The van der Waals surface area contributed by atoms with E-state index in [1.165, 1.54) is 0 Å². The smallest absolute Gasteiger partial charge is 0.218 e. The first-order valence-corrected chi connectivity index (χ1v) is 5.90. The third kappa shape index (κ3) is 1.94. The van der Waals surface area contributed by atoms with E-state index in [0.717, 1.165) is 30.4 Å². The van der Waals surface area contributed by atoms with Crippen LogP contribution < -0.4 is 0 Å². The fraction of sp³-hybridized carbons (Fsp3) is 0.462. The lowest BCUT2D eigenvalue weighted by molar-refractivity contribution is -0.159. The maximum absolute atomic E-state index is 9.71. The van der Waals surface area contributed by atoms with Gasteiger partial charge in [-0.3, -0.25) is 0 Å². The van der Waals surface area contributed by atoms with E-state index in [9.17, 15) is 5.11 Å². The van der Waals surface area contributed by atoms with Crippen molar-refractivity contribution in [1.82, 2.24) is 4.98 Å². The number of aromatic nitrogens is 1. The van der Waals surface area contributed by atoms with Gasteiger partial charge in [0.1, 0.15) is 0 Å². The molecule has 4 nitrogen and oxygen atoms in total. The van der Waals surface area contributed by atoms with Crippen molar-refractivity contribution in [3.05, 3.63) is 30.0 Å². The van der Waals surface area contributed by atoms with E-state index in [2.05, 4.69) is 11.1 Å². The van der Waals surface area contributed by atoms with Crippen LogP contribution in [0.2, 0.25) is 0 Å². The molecule has 3 rings (SSSR count). The summed E-state index contributed by atoms with van der Waals surface area (Å²) in [6.07, 6.45) is 6.11. The SMILES string of the molecule is Oc1ncccc1C1=CCC2(CC1)OCCO2. The lowest BCUT2D eigenvalue weighted by Crippen LogP contribution is -2.31. The van der Waals surface area contributed by atoms with Gasteiger partial charge in [-0.05, 0) is 24.1 Å². The molecule has 1 aromatic rings. The van der Waals surface area contributed by atoms with Crippen molar-refractivity contribution in [3.8, 4) is 5.88 Å². The normalized spacial score (nSPS) is 22.7. The minimum absolute atomic E-state index is 0.1000. The van der Waals surface area contributed by atoms with Gasteiger partial charge in [0.05, 0.1) is 13.2 Å². The molecule has 0 bridgehead atoms. The first kappa shape index (κ1) is 10.7. The molecular formula is C13H15NO3. The Morgan fingerprint density at radius 3 is 2.76 bits per heavy atom. The van der Waals surface area contributed by atoms with Gasteiger partial charge in [0, 0.05) is 24.6 Å². The fourth-order valence-electron chi connectivity index (χ4n) is 2.46. The van der Waals surface area contributed by atoms with E-state index < -0.39 is 5.79 Å². The first-order chi connectivity index (χ1) is 8.29. The van der Waals surface area contributed by atoms with E-state index >= 15 is 0 Å². The minimum atomic E-state index is -0.401. The molecule has 1 aliphatic carbocycles. The van der Waals surface area contributed by atoms with Crippen molar-refractivity contribution in [2.45, 2.75) is 25.0 Å². The molecular weight excluding hydrogens is 218 g/mol. The molecule has 1 N–H and O–H groups in total. The molecule has 1 saturated heterocycles. The van der Waals surface area contributed by atoms with Crippen LogP contribution in [0.5, 0.6) is 5.88 Å². The van der Waals surface area contributed by atoms with Crippen molar-refractivity contribution < 1.29 is 14.6 Å². The summed E-state index contributed by atoms with van der Waals surface area (Å²) in [5, 5.41) is 9.71. The van der Waals surface area contributed by atoms with Crippen LogP contribution in [-0.2, 0) is 9.47 Å². The lowest BCUT2D eigenvalue weighted by Gasteiger charge is -2.30. The third-order valence-electron chi connectivity index (χ3n) is 3.38. The third-order valence-corrected chi connectivity index (χ3v) is 3.38. The first-order valence-electron chi connectivity index (χ1n) is 5.90. The topological polar surface area (TPSA) is 51.6 Å². The fourth-order valence-corrected chi connectivity index (χ4v) is 2.46. The summed E-state index contributed by atoms with van der Waals surface area (Å²) in [7, 11) is 0. The summed E-state index contributed by atoms with van der Waals surface area (Å²) in [5.41, 5.74) is 1.95. The maximum Gasteiger partial charge on any atom is 0.218 e. The van der Waals surface area contributed by atoms with Crippen LogP contribution in [0.3, 0.4) is 0 Å². The van der Waals surface area contributed by atoms with Gasteiger partial charge in [-0.25, -0.2) is 4.98 Å². The van der Waals surface area contributed by atoms with Crippen LogP contribution >= 0.6 is 0 Å². The largest absolute Gasteiger partial charge is 0.493 e. The molecule has 1 aromatic heterocycles. The molecule has 1 fully saturated rings. The van der Waals surface area contributed by atoms with Gasteiger partial charge in [0.2, 0.25) is 5.88 Å². The van der Waals surface area contributed by atoms with Crippen LogP contribution in [0.15, 0.2) is 24.4 Å². The van der Waals surface area contributed by atoms with E-state index in [0.29, 0.717) is 13.2 Å². The maximum atomic E-state index is 9.71. The summed E-state index contributed by atoms with van der Waals surface area (Å²) >= 11 is 0. The zero-order valence-corrected chi connectivity index (χ0v) is 9.56. The molecule has 0 atom stereocenters. The Morgan fingerprint density at radius 1 is 1.29 bits per heavy atom. The molecule has 90 valence electrons. The van der Waals surface area contributed by atoms with Crippen LogP contribution in [0.1, 0.15) is 24.8 Å². The Morgan fingerprint density at radius 2 is 2.12 bits per heavy atom. The molecule has 1 aliphatic heterocycles. The Balaban J connectivity index is 1.83. The molecule has 0 amide bonds. The van der Waals surface area contributed by atoms with E-state index in [1.54, 1.807) is 6.20 Å². The number of ether oxygens (including phenoxy) is 2. The minimum Gasteiger partial charge on any atom is -0.493 e. The van der Waals surface area contributed by atoms with E-state index in [4.69, 9.17) is 9.47 Å². The molecule has 0 saturated carbocycles. The van der Waals surface area contributed by atoms with E-state index in [-0.39, 0.29) is 5.88 Å². The molecule has 2 heterocycles. The predicted octanol–water partition coefficient (Wildman–Crippen LogP) is 2.10. The highest BCUT2D eigenvalue weighted by atomic mass is 16.7. The van der Waals surface area contributed by atoms with Crippen LogP contribution in [-0.4, -0.2) is 29.1 Å². The second-order valence-corrected chi connectivity index (χ2v) is 4.42. The van der Waals surface area contributed by atoms with Gasteiger partial charge in [-0.2, -0.15) is 0 Å². The number of aromatic hydroxyl groups is 1. The highest BCUT2D eigenvalue weighted by Crippen LogP contribution is 2.39. The molecule has 0 unspecified atom stereocenters. The number of nitrogens with zero attached hydrogens (tertiary/aromatic N) is 1. The van der Waals surface area contributed by atoms with Gasteiger partial charge >= 0.3 is 0 Å². The summed E-state index contributed by atoms with van der Waals surface area (Å²) in [4.78, 5) is 3.90. The standard InChI is InChI=1S/C13H15NO3/c15-12-11(2-1-7-14-12)10-3-5-13(6-4-10)16-8-9-17-13/h1-3,7H,4-6,8-9H2,(H,14,15). The zero-order chi connectivity index (χ0) is 11.7. The Hall–Kier alpha value is -1.39. The Bertz CT molecular complexity index is 450. The number of pyridine rings is 1. The average molecular weight is 233 g/mol. The van der Waals surface area contributed by atoms with Gasteiger partial charge < -0.3 is 14.6 Å². The highest BCUT2D eigenvalue weighted by Gasteiger charge is 2.37. The van der Waals surface area contributed by atoms with Crippen molar-refractivity contribution >= 4 is 5.57 Å². The quantitative estimate of drug-likeness (QED) is 0.807. The molecule has 17 heavy (non-hydrogen) atoms. The zero-order valence-electron chi connectivity index (χ0n) is 9.56. The van der Waals surface area contributed by atoms with Crippen molar-refractivity contribution in [2.24, 2.45) is 0 Å². The second kappa shape index (κ2) is 4.13. The molecule has 2 aliphatic rings. The molecule has 0 radical (unpaired) electrons. The van der Waals surface area contributed by atoms with Crippen LogP contribution in [0.4, 0.5) is 0 Å².